The average Bonchev–Trinajstić information content (AvgIpc) is 1.25. The molecule has 0 unspecified atom stereocenters. The predicted octanol–water partition coefficient (Wildman–Crippen LogP) is -1.49. The first-order chi connectivity index (χ1) is 3.46. The molecule has 0 saturated heterocycles. The Bertz CT molecular complexity index is 75.6. The summed E-state index contributed by atoms with van der Waals surface area (Å²) in [6.45, 7) is 0.972. The van der Waals surface area contributed by atoms with Gasteiger partial charge in [0.25, 0.3) is 0 Å². The van der Waals surface area contributed by atoms with Crippen molar-refractivity contribution in [2.24, 2.45) is 0 Å². The van der Waals surface area contributed by atoms with Crippen LogP contribution in [0.5, 0.6) is 0 Å². The van der Waals surface area contributed by atoms with E-state index in [4.69, 9.17) is 25.2 Å². The van der Waals surface area contributed by atoms with Gasteiger partial charge in [0.1, 0.15) is 0 Å². The Morgan fingerprint density at radius 3 is 1.30 bits per heavy atom. The minimum Gasteiger partial charge on any atom is -0.550 e. The first-order valence-electron chi connectivity index (χ1n) is 1.46. The molecule has 0 bridgehead atoms. The second-order valence-corrected chi connectivity index (χ2v) is 0.715. The van der Waals surface area contributed by atoms with Crippen LogP contribution in [0.3, 0.4) is 0 Å². The molecule has 64 valence electrons. The Hall–Kier alpha value is -0.343. The Kier molecular flexibility index (Phi) is 35.9. The Morgan fingerprint density at radius 2 is 1.30 bits per heavy atom. The van der Waals surface area contributed by atoms with Gasteiger partial charge >= 0.3 is 33.0 Å². The number of carboxylic acid groups (broad SMARTS) is 1. The van der Waals surface area contributed by atoms with E-state index >= 15 is 0 Å². The molecule has 8 heteroatoms. The SMILES string of the molecule is CC(=O)[O-].O=[N+]([O-])[O-].[Ni+2].[Ni+2]. The van der Waals surface area contributed by atoms with Crippen molar-refractivity contribution in [3.8, 4) is 0 Å². The predicted molar refractivity (Wildman–Crippen MR) is 21.0 cm³/mol. The van der Waals surface area contributed by atoms with Crippen molar-refractivity contribution in [2.75, 3.05) is 0 Å². The van der Waals surface area contributed by atoms with Gasteiger partial charge in [0.05, 0.1) is 5.09 Å². The van der Waals surface area contributed by atoms with Crippen LogP contribution in [0.25, 0.3) is 0 Å². The summed E-state index contributed by atoms with van der Waals surface area (Å²) in [5.41, 5.74) is 0. The van der Waals surface area contributed by atoms with E-state index in [0.717, 1.165) is 6.92 Å². The first-order valence-corrected chi connectivity index (χ1v) is 1.46. The van der Waals surface area contributed by atoms with Gasteiger partial charge in [-0.05, 0) is 6.92 Å². The number of carbonyl (C=O) groups excluding carboxylic acids is 1. The Balaban J connectivity index is -0.0000000300. The van der Waals surface area contributed by atoms with Crippen molar-refractivity contribution in [3.63, 3.8) is 0 Å². The van der Waals surface area contributed by atoms with E-state index < -0.39 is 11.1 Å². The summed E-state index contributed by atoms with van der Waals surface area (Å²) in [7, 11) is 0. The van der Waals surface area contributed by atoms with E-state index in [-0.39, 0.29) is 33.0 Å². The van der Waals surface area contributed by atoms with Gasteiger partial charge in [-0.2, -0.15) is 0 Å². The molecule has 0 aliphatic heterocycles. The summed E-state index contributed by atoms with van der Waals surface area (Å²) in [5.74, 6) is -1.08. The van der Waals surface area contributed by atoms with Crippen LogP contribution < -0.4 is 5.11 Å². The van der Waals surface area contributed by atoms with E-state index in [1.54, 1.807) is 0 Å². The van der Waals surface area contributed by atoms with Crippen LogP contribution in [0.15, 0.2) is 0 Å². The molecule has 0 N–H and O–H groups in total. The van der Waals surface area contributed by atoms with Crippen LogP contribution in [0, 0.1) is 15.3 Å². The fourth-order valence-corrected chi connectivity index (χ4v) is 0. The van der Waals surface area contributed by atoms with Crippen molar-refractivity contribution < 1.29 is 48.0 Å². The molecule has 10 heavy (non-hydrogen) atoms. The van der Waals surface area contributed by atoms with Gasteiger partial charge in [0, 0.05) is 5.97 Å². The molecule has 0 fully saturated rings. The van der Waals surface area contributed by atoms with Gasteiger partial charge in [-0.3, -0.25) is 0 Å². The van der Waals surface area contributed by atoms with Gasteiger partial charge in [0.15, 0.2) is 0 Å². The molecule has 0 aromatic rings. The van der Waals surface area contributed by atoms with Gasteiger partial charge in [-0.15, -0.1) is 0 Å². The fraction of sp³-hybridized carbons (Fsp3) is 0.500. The third kappa shape index (κ3) is 2880. The molecule has 0 spiro atoms. The van der Waals surface area contributed by atoms with Crippen LogP contribution in [0.4, 0.5) is 0 Å². The monoisotopic (exact) mass is 237 g/mol. The quantitative estimate of drug-likeness (QED) is 0.290. The van der Waals surface area contributed by atoms with E-state index in [2.05, 4.69) is 0 Å². The molecule has 0 radical (unpaired) electrons. The van der Waals surface area contributed by atoms with Crippen molar-refractivity contribution in [2.45, 2.75) is 6.92 Å². The molecule has 0 aliphatic rings. The second-order valence-electron chi connectivity index (χ2n) is 0.715. The van der Waals surface area contributed by atoms with Crippen LogP contribution in [-0.4, -0.2) is 11.1 Å². The van der Waals surface area contributed by atoms with Crippen LogP contribution >= 0.6 is 0 Å². The number of rotatable bonds is 0. The maximum atomic E-state index is 8.89. The molecular weight excluding hydrogens is 235 g/mol. The third-order valence-electron chi connectivity index (χ3n) is 0. The molecule has 0 heterocycles. The summed E-state index contributed by atoms with van der Waals surface area (Å²) in [4.78, 5) is 17.1. The van der Waals surface area contributed by atoms with Crippen molar-refractivity contribution >= 4 is 5.97 Å². The minimum absolute atomic E-state index is 0. The Labute approximate surface area is 76.6 Å². The van der Waals surface area contributed by atoms with Crippen LogP contribution in [0.1, 0.15) is 6.92 Å². The Morgan fingerprint density at radius 1 is 1.30 bits per heavy atom. The van der Waals surface area contributed by atoms with Crippen molar-refractivity contribution in [1.29, 1.82) is 0 Å². The largest absolute Gasteiger partial charge is 2.00 e. The van der Waals surface area contributed by atoms with E-state index in [1.165, 1.54) is 0 Å². The maximum Gasteiger partial charge on any atom is 2.00 e. The third-order valence-corrected chi connectivity index (χ3v) is 0. The van der Waals surface area contributed by atoms with Crippen LogP contribution in [-0.2, 0) is 37.8 Å². The zero-order valence-corrected chi connectivity index (χ0v) is 6.60. The number of hydrogen-bond donors (Lipinski definition) is 0. The standard InChI is InChI=1S/C2H4O2.NO3.2Ni/c1-2(3)4;2-1(3)4;;/h1H3,(H,3,4);;;/q;-1;2*+2/p-1. The molecule has 0 saturated carbocycles. The normalized spacial score (nSPS) is 4.90. The second kappa shape index (κ2) is 15.9. The smallest absolute Gasteiger partial charge is 0.550 e. The summed E-state index contributed by atoms with van der Waals surface area (Å²) >= 11 is 0. The molecule has 0 aliphatic carbocycles. The van der Waals surface area contributed by atoms with Crippen LogP contribution in [0.2, 0.25) is 0 Å². The van der Waals surface area contributed by atoms with E-state index in [1.807, 2.05) is 0 Å². The fourth-order valence-electron chi connectivity index (χ4n) is 0. The number of carboxylic acids is 1. The molecule has 0 aromatic carbocycles. The van der Waals surface area contributed by atoms with Gasteiger partial charge in [-0.1, -0.05) is 0 Å². The van der Waals surface area contributed by atoms with Crippen molar-refractivity contribution in [3.05, 3.63) is 15.3 Å². The molecule has 0 aromatic heterocycles. The molecule has 0 amide bonds. The van der Waals surface area contributed by atoms with Crippen molar-refractivity contribution in [1.82, 2.24) is 0 Å². The summed E-state index contributed by atoms with van der Waals surface area (Å²) in [6.07, 6.45) is 0. The van der Waals surface area contributed by atoms with Gasteiger partial charge < -0.3 is 25.2 Å². The molecule has 6 nitrogen and oxygen atoms in total. The molecule has 0 rings (SSSR count). The number of carbonyl (C=O) groups is 1. The first kappa shape index (κ1) is 22.6. The minimum atomic E-state index is -1.75. The van der Waals surface area contributed by atoms with Gasteiger partial charge in [0.2, 0.25) is 0 Å². The molecule has 0 atom stereocenters. The average molecular weight is 238 g/mol. The zero-order valence-electron chi connectivity index (χ0n) is 4.62. The number of nitrogens with zero attached hydrogens (tertiary/aromatic N) is 1. The number of aliphatic carboxylic acids is 1. The summed E-state index contributed by atoms with van der Waals surface area (Å²) in [6, 6.07) is 0. The summed E-state index contributed by atoms with van der Waals surface area (Å²) < 4.78 is 0. The number of hydrogen-bond acceptors (Lipinski definition) is 5. The van der Waals surface area contributed by atoms with E-state index in [0.29, 0.717) is 0 Å². The van der Waals surface area contributed by atoms with E-state index in [9.17, 15) is 0 Å². The van der Waals surface area contributed by atoms with Gasteiger partial charge in [-0.25, -0.2) is 0 Å². The maximum absolute atomic E-state index is 8.89. The molecular formula is C2H3NNi2O5+2. The summed E-state index contributed by atoms with van der Waals surface area (Å²) in [5, 5.41) is 23.6. The zero-order chi connectivity index (χ0) is 7.15. The topological polar surface area (TPSA) is 106 Å².